The van der Waals surface area contributed by atoms with Crippen molar-refractivity contribution < 1.29 is 14.3 Å². The number of aryl methyl sites for hydroxylation is 1. The third-order valence-electron chi connectivity index (χ3n) is 8.69. The number of pyridine rings is 1. The average Bonchev–Trinajstić information content (AvgIpc) is 3.37. The van der Waals surface area contributed by atoms with Crippen LogP contribution in [0.25, 0.3) is 11.0 Å². The normalized spacial score (nSPS) is 17.1. The number of nitrogens with one attached hydrogen (secondary N) is 1. The van der Waals surface area contributed by atoms with Gasteiger partial charge in [0.15, 0.2) is 0 Å². The molecule has 2 saturated heterocycles. The number of hydrogen-bond acceptors (Lipinski definition) is 8. The van der Waals surface area contributed by atoms with E-state index in [-0.39, 0.29) is 18.1 Å². The number of carbonyl (C=O) groups is 1. The van der Waals surface area contributed by atoms with Gasteiger partial charge < -0.3 is 19.4 Å². The monoisotopic (exact) mass is 637 g/mol. The third-order valence-corrected chi connectivity index (χ3v) is 8.94. The van der Waals surface area contributed by atoms with Crippen molar-refractivity contribution >= 4 is 34.2 Å². The van der Waals surface area contributed by atoms with Gasteiger partial charge in [0, 0.05) is 61.5 Å². The third kappa shape index (κ3) is 7.04. The van der Waals surface area contributed by atoms with Crippen molar-refractivity contribution in [3.8, 4) is 5.88 Å². The van der Waals surface area contributed by atoms with E-state index in [1.54, 1.807) is 18.6 Å². The Hall–Kier alpha value is -4.38. The lowest BCUT2D eigenvalue weighted by Gasteiger charge is -2.32. The minimum Gasteiger partial charge on any atom is -0.474 e. The fourth-order valence-corrected chi connectivity index (χ4v) is 6.11. The van der Waals surface area contributed by atoms with Crippen LogP contribution in [0.2, 0.25) is 5.02 Å². The molecule has 5 heterocycles. The van der Waals surface area contributed by atoms with Gasteiger partial charge in [0.25, 0.3) is 5.91 Å². The predicted molar refractivity (Wildman–Crippen MR) is 176 cm³/mol. The lowest BCUT2D eigenvalue weighted by molar-refractivity contribution is -0.0592. The first-order valence-corrected chi connectivity index (χ1v) is 16.1. The second-order valence-electron chi connectivity index (χ2n) is 12.0. The molecule has 0 spiro atoms. The Labute approximate surface area is 272 Å². The lowest BCUT2D eigenvalue weighted by atomic mass is 10.1. The number of ether oxygens (including phenoxy) is 2. The van der Waals surface area contributed by atoms with Crippen LogP contribution >= 0.6 is 11.6 Å². The van der Waals surface area contributed by atoms with E-state index in [0.717, 1.165) is 85.9 Å². The summed E-state index contributed by atoms with van der Waals surface area (Å²) in [5.41, 5.74) is 5.14. The minimum absolute atomic E-state index is 0.0892. The first-order chi connectivity index (χ1) is 22.5. The highest BCUT2D eigenvalue weighted by Gasteiger charge is 2.26. The van der Waals surface area contributed by atoms with Crippen molar-refractivity contribution in [3.63, 3.8) is 0 Å². The molecule has 2 fully saturated rings. The maximum absolute atomic E-state index is 12.9. The number of likely N-dealkylation sites (tertiary alicyclic amines) is 1. The van der Waals surface area contributed by atoms with Crippen LogP contribution < -0.4 is 10.1 Å². The van der Waals surface area contributed by atoms with E-state index in [1.165, 1.54) is 0 Å². The van der Waals surface area contributed by atoms with Crippen molar-refractivity contribution in [2.24, 2.45) is 0 Å². The van der Waals surface area contributed by atoms with Gasteiger partial charge in [-0.15, -0.1) is 0 Å². The van der Waals surface area contributed by atoms with E-state index >= 15 is 0 Å². The van der Waals surface area contributed by atoms with Gasteiger partial charge in [-0.3, -0.25) is 14.7 Å². The van der Waals surface area contributed by atoms with Gasteiger partial charge in [-0.2, -0.15) is 4.98 Å². The van der Waals surface area contributed by atoms with Crippen LogP contribution in [0.3, 0.4) is 0 Å². The Morgan fingerprint density at radius 2 is 1.87 bits per heavy atom. The number of fused-ring (bicyclic) bond motifs is 1. The highest BCUT2D eigenvalue weighted by Crippen LogP contribution is 2.26. The number of piperidine rings is 1. The first-order valence-electron chi connectivity index (χ1n) is 15.7. The number of imidazole rings is 1. The summed E-state index contributed by atoms with van der Waals surface area (Å²) in [5.74, 6) is 2.15. The molecule has 3 aromatic heterocycles. The summed E-state index contributed by atoms with van der Waals surface area (Å²) in [6.45, 7) is 5.98. The molecule has 236 valence electrons. The molecule has 10 nitrogen and oxygen atoms in total. The van der Waals surface area contributed by atoms with Crippen LogP contribution in [0.5, 0.6) is 5.88 Å². The van der Waals surface area contributed by atoms with Gasteiger partial charge >= 0.3 is 0 Å². The molecule has 0 bridgehead atoms. The van der Waals surface area contributed by atoms with Gasteiger partial charge in [-0.25, -0.2) is 9.97 Å². The molecular formula is C35H36ClN7O3. The highest BCUT2D eigenvalue weighted by atomic mass is 35.5. The SMILES string of the molecule is Cc1ccncc1C(=O)Nc1ccc2c(c1)nc(CN1CCC(Oc3ccnc(Cc4ccc(Cl)cc4)n3)CC1)n2CC1CCO1. The standard InChI is InChI=1S/C35H36ClN7O3/c1-23-8-13-37-20-29(23)35(44)39-26-6-7-31-30(19-26)40-33(43(31)21-28-12-17-45-28)22-42-15-10-27(11-16-42)46-34-9-14-38-32(41-34)18-24-2-4-25(36)5-3-24/h2-9,13-14,19-20,27-28H,10-12,15-18,21-22H2,1H3,(H,39,44). The number of carbonyl (C=O) groups excluding carboxylic acids is 1. The Balaban J connectivity index is 1.00. The van der Waals surface area contributed by atoms with Crippen LogP contribution in [0.15, 0.2) is 73.2 Å². The number of benzene rings is 2. The molecule has 1 N–H and O–H groups in total. The number of hydrogen-bond donors (Lipinski definition) is 1. The molecule has 46 heavy (non-hydrogen) atoms. The van der Waals surface area contributed by atoms with Gasteiger partial charge in [0.1, 0.15) is 17.8 Å². The maximum atomic E-state index is 12.9. The van der Waals surface area contributed by atoms with Crippen molar-refractivity contribution in [1.82, 2.24) is 29.4 Å². The van der Waals surface area contributed by atoms with Crippen LogP contribution in [-0.2, 0) is 24.2 Å². The lowest BCUT2D eigenvalue weighted by Crippen LogP contribution is -2.39. The zero-order chi connectivity index (χ0) is 31.5. The number of nitrogens with zero attached hydrogens (tertiary/aromatic N) is 6. The minimum atomic E-state index is -0.183. The molecule has 2 aromatic carbocycles. The fourth-order valence-electron chi connectivity index (χ4n) is 5.99. The molecule has 2 aliphatic rings. The molecule has 11 heteroatoms. The average molecular weight is 638 g/mol. The Bertz CT molecular complexity index is 1830. The van der Waals surface area contributed by atoms with E-state index in [1.807, 2.05) is 61.5 Å². The molecule has 7 rings (SSSR count). The molecule has 5 aromatic rings. The molecule has 0 radical (unpaired) electrons. The predicted octanol–water partition coefficient (Wildman–Crippen LogP) is 5.86. The summed E-state index contributed by atoms with van der Waals surface area (Å²) in [4.78, 5) is 33.6. The highest BCUT2D eigenvalue weighted by molar-refractivity contribution is 6.30. The van der Waals surface area contributed by atoms with Gasteiger partial charge in [-0.05, 0) is 73.7 Å². The maximum Gasteiger partial charge on any atom is 0.257 e. The van der Waals surface area contributed by atoms with Crippen LogP contribution in [0.1, 0.15) is 52.4 Å². The van der Waals surface area contributed by atoms with Crippen LogP contribution in [0.4, 0.5) is 5.69 Å². The Morgan fingerprint density at radius 1 is 1.04 bits per heavy atom. The quantitative estimate of drug-likeness (QED) is 0.203. The number of aromatic nitrogens is 5. The van der Waals surface area contributed by atoms with E-state index < -0.39 is 0 Å². The van der Waals surface area contributed by atoms with Crippen LogP contribution in [0, 0.1) is 6.92 Å². The van der Waals surface area contributed by atoms with Crippen molar-refractivity contribution in [2.45, 2.75) is 57.9 Å². The number of anilines is 1. The summed E-state index contributed by atoms with van der Waals surface area (Å²) in [7, 11) is 0. The number of amides is 1. The summed E-state index contributed by atoms with van der Waals surface area (Å²) in [5, 5.41) is 3.73. The summed E-state index contributed by atoms with van der Waals surface area (Å²) >= 11 is 6.02. The zero-order valence-corrected chi connectivity index (χ0v) is 26.5. The Morgan fingerprint density at radius 3 is 2.63 bits per heavy atom. The molecular weight excluding hydrogens is 602 g/mol. The van der Waals surface area contributed by atoms with Crippen molar-refractivity contribution in [2.75, 3.05) is 25.0 Å². The van der Waals surface area contributed by atoms with E-state index in [9.17, 15) is 4.79 Å². The largest absolute Gasteiger partial charge is 0.474 e. The molecule has 0 saturated carbocycles. The van der Waals surface area contributed by atoms with Gasteiger partial charge in [0.2, 0.25) is 5.88 Å². The van der Waals surface area contributed by atoms with E-state index in [0.29, 0.717) is 28.6 Å². The van der Waals surface area contributed by atoms with Crippen molar-refractivity contribution in [3.05, 3.63) is 107 Å². The fraction of sp³-hybridized carbons (Fsp3) is 0.343. The van der Waals surface area contributed by atoms with Gasteiger partial charge in [0.05, 0.1) is 35.8 Å². The summed E-state index contributed by atoms with van der Waals surface area (Å²) in [6, 6.07) is 17.3. The topological polar surface area (TPSA) is 107 Å². The van der Waals surface area contributed by atoms with Crippen molar-refractivity contribution in [1.29, 1.82) is 0 Å². The van der Waals surface area contributed by atoms with E-state index in [4.69, 9.17) is 26.1 Å². The second-order valence-corrected chi connectivity index (χ2v) is 12.4. The molecule has 1 amide bonds. The first kappa shape index (κ1) is 30.3. The zero-order valence-electron chi connectivity index (χ0n) is 25.7. The second kappa shape index (κ2) is 13.5. The smallest absolute Gasteiger partial charge is 0.257 e. The molecule has 2 aliphatic heterocycles. The number of rotatable bonds is 10. The molecule has 1 atom stereocenters. The Kier molecular flexibility index (Phi) is 8.91. The van der Waals surface area contributed by atoms with Crippen LogP contribution in [-0.4, -0.2) is 67.2 Å². The molecule has 1 unspecified atom stereocenters. The molecule has 0 aliphatic carbocycles. The van der Waals surface area contributed by atoms with E-state index in [2.05, 4.69) is 29.7 Å². The number of halogens is 1. The summed E-state index contributed by atoms with van der Waals surface area (Å²) < 4.78 is 14.4. The summed E-state index contributed by atoms with van der Waals surface area (Å²) in [6.07, 6.45) is 8.78. The van der Waals surface area contributed by atoms with Gasteiger partial charge in [-0.1, -0.05) is 23.7 Å².